The van der Waals surface area contributed by atoms with Crippen molar-refractivity contribution in [1.82, 2.24) is 20.2 Å². The first kappa shape index (κ1) is 19.4. The molecule has 0 aliphatic carbocycles. The van der Waals surface area contributed by atoms with Crippen molar-refractivity contribution < 1.29 is 22.3 Å². The van der Waals surface area contributed by atoms with Crippen LogP contribution in [0.25, 0.3) is 11.6 Å². The molecule has 30 heavy (non-hydrogen) atoms. The fourth-order valence-corrected chi connectivity index (χ4v) is 2.57. The van der Waals surface area contributed by atoms with Crippen LogP contribution in [0.5, 0.6) is 5.75 Å². The highest BCUT2D eigenvalue weighted by Crippen LogP contribution is 2.32. The lowest BCUT2D eigenvalue weighted by molar-refractivity contribution is -0.137. The molecule has 1 aromatic carbocycles. The zero-order valence-electron chi connectivity index (χ0n) is 15.3. The topological polar surface area (TPSA) is 86.0 Å². The molecular formula is C20H14F3N5O2. The summed E-state index contributed by atoms with van der Waals surface area (Å²) < 4.78 is 49.9. The van der Waals surface area contributed by atoms with Crippen molar-refractivity contribution in [2.45, 2.75) is 12.8 Å². The highest BCUT2D eigenvalue weighted by atomic mass is 19.4. The van der Waals surface area contributed by atoms with Gasteiger partial charge in [0.2, 0.25) is 0 Å². The van der Waals surface area contributed by atoms with E-state index in [0.29, 0.717) is 11.4 Å². The van der Waals surface area contributed by atoms with Crippen molar-refractivity contribution in [1.29, 1.82) is 0 Å². The third-order valence-corrected chi connectivity index (χ3v) is 3.98. The second kappa shape index (κ2) is 8.19. The molecule has 1 N–H and O–H groups in total. The number of pyridine rings is 2. The van der Waals surface area contributed by atoms with Crippen LogP contribution in [-0.2, 0) is 12.8 Å². The summed E-state index contributed by atoms with van der Waals surface area (Å²) in [6, 6.07) is 11.6. The maximum atomic E-state index is 12.9. The van der Waals surface area contributed by atoms with E-state index in [9.17, 15) is 13.2 Å². The largest absolute Gasteiger partial charge is 0.486 e. The lowest BCUT2D eigenvalue weighted by Crippen LogP contribution is -2.05. The molecule has 7 nitrogen and oxygen atoms in total. The first-order chi connectivity index (χ1) is 14.5. The molecule has 0 amide bonds. The van der Waals surface area contributed by atoms with Crippen molar-refractivity contribution in [3.63, 3.8) is 0 Å². The molecule has 0 bridgehead atoms. The van der Waals surface area contributed by atoms with Crippen LogP contribution in [0.4, 0.5) is 24.9 Å². The van der Waals surface area contributed by atoms with Crippen molar-refractivity contribution in [3.05, 3.63) is 78.2 Å². The van der Waals surface area contributed by atoms with Crippen LogP contribution in [0, 0.1) is 0 Å². The van der Waals surface area contributed by atoms with Crippen LogP contribution in [-0.4, -0.2) is 20.2 Å². The average molecular weight is 413 g/mol. The second-order valence-corrected chi connectivity index (χ2v) is 6.11. The van der Waals surface area contributed by atoms with Crippen molar-refractivity contribution in [3.8, 4) is 17.3 Å². The van der Waals surface area contributed by atoms with Gasteiger partial charge in [-0.05, 0) is 48.0 Å². The van der Waals surface area contributed by atoms with Crippen LogP contribution >= 0.6 is 0 Å². The number of nitrogens with one attached hydrogen (secondary N) is 1. The molecule has 0 fully saturated rings. The molecule has 0 unspecified atom stereocenters. The van der Waals surface area contributed by atoms with Gasteiger partial charge < -0.3 is 14.5 Å². The smallest absolute Gasteiger partial charge is 0.416 e. The van der Waals surface area contributed by atoms with Crippen LogP contribution in [0.3, 0.4) is 0 Å². The monoisotopic (exact) mass is 413 g/mol. The molecular weight excluding hydrogens is 399 g/mol. The van der Waals surface area contributed by atoms with Gasteiger partial charge in [0.05, 0.1) is 5.56 Å². The highest BCUT2D eigenvalue weighted by Gasteiger charge is 2.30. The zero-order chi connectivity index (χ0) is 21.0. The zero-order valence-corrected chi connectivity index (χ0v) is 15.3. The molecule has 0 atom stereocenters. The molecule has 3 aromatic heterocycles. The Morgan fingerprint density at radius 2 is 1.80 bits per heavy atom. The molecule has 4 aromatic rings. The van der Waals surface area contributed by atoms with E-state index >= 15 is 0 Å². The third-order valence-electron chi connectivity index (χ3n) is 3.98. The van der Waals surface area contributed by atoms with Crippen LogP contribution < -0.4 is 10.1 Å². The minimum Gasteiger partial charge on any atom is -0.486 e. The van der Waals surface area contributed by atoms with E-state index in [1.54, 1.807) is 30.7 Å². The summed E-state index contributed by atoms with van der Waals surface area (Å²) in [5.41, 5.74) is 0.604. The van der Waals surface area contributed by atoms with E-state index in [1.165, 1.54) is 12.1 Å². The Morgan fingerprint density at radius 3 is 2.60 bits per heavy atom. The Bertz CT molecular complexity index is 1130. The summed E-state index contributed by atoms with van der Waals surface area (Å²) in [4.78, 5) is 8.17. The number of aromatic nitrogens is 4. The van der Waals surface area contributed by atoms with E-state index in [4.69, 9.17) is 9.15 Å². The van der Waals surface area contributed by atoms with Gasteiger partial charge in [0.1, 0.15) is 6.61 Å². The van der Waals surface area contributed by atoms with Crippen molar-refractivity contribution >= 4 is 11.7 Å². The Balaban J connectivity index is 1.52. The number of ether oxygens (including phenoxy) is 1. The van der Waals surface area contributed by atoms with E-state index in [0.717, 1.165) is 17.7 Å². The molecule has 4 rings (SSSR count). The van der Waals surface area contributed by atoms with Gasteiger partial charge in [0.15, 0.2) is 11.4 Å². The number of nitrogens with zero attached hydrogens (tertiary/aromatic N) is 4. The summed E-state index contributed by atoms with van der Waals surface area (Å²) >= 11 is 0. The second-order valence-electron chi connectivity index (χ2n) is 6.11. The fraction of sp³-hybridized carbons (Fsp3) is 0.100. The molecule has 0 aliphatic heterocycles. The van der Waals surface area contributed by atoms with E-state index in [1.807, 2.05) is 12.1 Å². The summed E-state index contributed by atoms with van der Waals surface area (Å²) in [5, 5.41) is 10.4. The molecule has 10 heteroatoms. The summed E-state index contributed by atoms with van der Waals surface area (Å²) in [5.74, 6) is 0.485. The molecule has 0 saturated heterocycles. The average Bonchev–Trinajstić information content (AvgIpc) is 3.21. The third kappa shape index (κ3) is 4.54. The van der Waals surface area contributed by atoms with Gasteiger partial charge >= 0.3 is 12.2 Å². The van der Waals surface area contributed by atoms with Gasteiger partial charge in [0.25, 0.3) is 5.89 Å². The van der Waals surface area contributed by atoms with E-state index in [-0.39, 0.29) is 24.2 Å². The predicted octanol–water partition coefficient (Wildman–Crippen LogP) is 4.87. The number of halogens is 3. The minimum absolute atomic E-state index is 0.0646. The van der Waals surface area contributed by atoms with Gasteiger partial charge in [0, 0.05) is 24.3 Å². The molecule has 0 spiro atoms. The van der Waals surface area contributed by atoms with Crippen LogP contribution in [0.1, 0.15) is 11.1 Å². The van der Waals surface area contributed by atoms with Gasteiger partial charge in [-0.25, -0.2) is 4.98 Å². The van der Waals surface area contributed by atoms with Gasteiger partial charge in [-0.1, -0.05) is 11.2 Å². The maximum Gasteiger partial charge on any atom is 0.416 e. The normalized spacial score (nSPS) is 11.3. The highest BCUT2D eigenvalue weighted by molar-refractivity contribution is 5.59. The van der Waals surface area contributed by atoms with E-state index < -0.39 is 11.7 Å². The molecule has 0 radical (unpaired) electrons. The summed E-state index contributed by atoms with van der Waals surface area (Å²) in [7, 11) is 0. The van der Waals surface area contributed by atoms with Crippen LogP contribution in [0.15, 0.2) is 71.5 Å². The lowest BCUT2D eigenvalue weighted by Gasteiger charge is -2.09. The van der Waals surface area contributed by atoms with Crippen LogP contribution in [0.2, 0.25) is 0 Å². The minimum atomic E-state index is -4.45. The molecule has 0 saturated carbocycles. The predicted molar refractivity (Wildman–Crippen MR) is 101 cm³/mol. The number of benzene rings is 1. The van der Waals surface area contributed by atoms with Gasteiger partial charge in [-0.15, -0.1) is 5.10 Å². The molecule has 0 aliphatic rings. The number of hydrogen-bond acceptors (Lipinski definition) is 7. The quantitative estimate of drug-likeness (QED) is 0.483. The number of rotatable bonds is 6. The number of anilines is 2. The first-order valence-electron chi connectivity index (χ1n) is 8.74. The number of alkyl halides is 3. The van der Waals surface area contributed by atoms with E-state index in [2.05, 4.69) is 25.5 Å². The standard InChI is InChI=1S/C20H14F3N5O2/c21-20(22,23)14-3-1-4-15(11-14)26-19-28-27-18(30-19)17-16(5-2-8-25-17)29-12-13-6-9-24-10-7-13/h1-11H,12H2,(H,26,28). The Hall–Kier alpha value is -3.95. The maximum absolute atomic E-state index is 12.9. The van der Waals surface area contributed by atoms with Gasteiger partial charge in [-0.2, -0.15) is 13.2 Å². The van der Waals surface area contributed by atoms with Gasteiger partial charge in [-0.3, -0.25) is 4.98 Å². The first-order valence-corrected chi connectivity index (χ1v) is 8.74. The Labute approximate surface area is 168 Å². The lowest BCUT2D eigenvalue weighted by atomic mass is 10.2. The molecule has 152 valence electrons. The Morgan fingerprint density at radius 1 is 0.967 bits per heavy atom. The number of hydrogen-bond donors (Lipinski definition) is 1. The molecule has 3 heterocycles. The summed E-state index contributed by atoms with van der Waals surface area (Å²) in [6.45, 7) is 0.282. The SMILES string of the molecule is FC(F)(F)c1cccc(Nc2nnc(-c3ncccc3OCc3ccncc3)o2)c1. The summed E-state index contributed by atoms with van der Waals surface area (Å²) in [6.07, 6.45) is 0.407. The van der Waals surface area contributed by atoms with Crippen molar-refractivity contribution in [2.75, 3.05) is 5.32 Å². The fourth-order valence-electron chi connectivity index (χ4n) is 2.57. The Kier molecular flexibility index (Phi) is 5.29. The van der Waals surface area contributed by atoms with Crippen molar-refractivity contribution in [2.24, 2.45) is 0 Å².